The molecule has 0 saturated carbocycles. The second-order valence-corrected chi connectivity index (χ2v) is 12.3. The highest BCUT2D eigenvalue weighted by Crippen LogP contribution is 2.12. The monoisotopic (exact) mass is 697 g/mol. The first kappa shape index (κ1) is 49.2. The Bertz CT molecular complexity index is 1310. The van der Waals surface area contributed by atoms with Gasteiger partial charge in [0, 0.05) is 32.9 Å². The van der Waals surface area contributed by atoms with Crippen molar-refractivity contribution in [3.63, 3.8) is 0 Å². The molecule has 1 saturated heterocycles. The third kappa shape index (κ3) is 30.8. The first-order valence-electron chi connectivity index (χ1n) is 15.6. The Morgan fingerprint density at radius 1 is 0.612 bits per heavy atom. The summed E-state index contributed by atoms with van der Waals surface area (Å²) in [4.78, 5) is 53.9. The van der Waals surface area contributed by atoms with Crippen molar-refractivity contribution in [1.29, 1.82) is 0 Å². The van der Waals surface area contributed by atoms with Crippen LogP contribution in [0.5, 0.6) is 5.75 Å². The molecule has 272 valence electrons. The number of amides is 1. The number of carbonyl (C=O) groups is 5. The summed E-state index contributed by atoms with van der Waals surface area (Å²) in [7, 11) is 0. The predicted octanol–water partition coefficient (Wildman–Crippen LogP) is 8.15. The molecule has 9 heteroatoms. The minimum Gasteiger partial charge on any atom is -0.400 e. The first-order valence-corrected chi connectivity index (χ1v) is 16.9. The highest BCUT2D eigenvalue weighted by molar-refractivity contribution is 7.81. The molecule has 1 atom stereocenters. The molecule has 1 fully saturated rings. The van der Waals surface area contributed by atoms with Crippen LogP contribution >= 0.6 is 0 Å². The molecule has 1 aliphatic heterocycles. The van der Waals surface area contributed by atoms with E-state index in [0.29, 0.717) is 18.6 Å². The van der Waals surface area contributed by atoms with E-state index in [2.05, 4.69) is 0 Å². The number of rotatable bonds is 8. The van der Waals surface area contributed by atoms with E-state index in [4.69, 9.17) is 4.18 Å². The normalized spacial score (nSPS) is 11.4. The van der Waals surface area contributed by atoms with Gasteiger partial charge in [0.2, 0.25) is 17.0 Å². The topological polar surface area (TPSA) is 115 Å². The number of hydrogen-bond donors (Lipinski definition) is 0. The number of Topliss-reactive ketones (excluding diaryl/α,β-unsaturated/α-hetero) is 4. The van der Waals surface area contributed by atoms with E-state index >= 15 is 0 Å². The molecule has 3 aromatic carbocycles. The zero-order valence-electron chi connectivity index (χ0n) is 29.0. The summed E-state index contributed by atoms with van der Waals surface area (Å²) in [6.07, 6.45) is 4.80. The van der Waals surface area contributed by atoms with E-state index < -0.39 is 11.1 Å². The molecule has 1 aliphatic rings. The molecule has 0 bridgehead atoms. The van der Waals surface area contributed by atoms with Crippen LogP contribution in [-0.4, -0.2) is 57.0 Å². The first-order chi connectivity index (χ1) is 22.2. The molecule has 1 amide bonds. The lowest BCUT2D eigenvalue weighted by Crippen LogP contribution is -2.33. The SMILES string of the molecule is C.C.CC(=O)CS(=O)Oc1ccc(C)cc1.CC(=O)Cc1ccccc1.CC(=O)Cc1ccccc1.CC(=O)N1CCCCC1.CC(C)=O. The maximum Gasteiger partial charge on any atom is 0.219 e. The van der Waals surface area contributed by atoms with Gasteiger partial charge in [-0.15, -0.1) is 0 Å². The maximum atomic E-state index is 11.2. The fourth-order valence-corrected chi connectivity index (χ4v) is 4.59. The number of hydrogen-bond acceptors (Lipinski definition) is 7. The van der Waals surface area contributed by atoms with Gasteiger partial charge < -0.3 is 13.9 Å². The van der Waals surface area contributed by atoms with Crippen molar-refractivity contribution in [2.75, 3.05) is 18.8 Å². The molecule has 0 aromatic heterocycles. The van der Waals surface area contributed by atoms with E-state index in [1.54, 1.807) is 32.9 Å². The number of nitrogens with zero attached hydrogens (tertiary/aromatic N) is 1. The second-order valence-electron chi connectivity index (χ2n) is 11.3. The molecular formula is C40H59NO7S. The Balaban J connectivity index is -0.000000554. The summed E-state index contributed by atoms with van der Waals surface area (Å²) >= 11 is -1.56. The summed E-state index contributed by atoms with van der Waals surface area (Å²) < 4.78 is 16.2. The molecule has 1 unspecified atom stereocenters. The van der Waals surface area contributed by atoms with Crippen molar-refractivity contribution in [3.05, 3.63) is 102 Å². The van der Waals surface area contributed by atoms with Gasteiger partial charge in [0.25, 0.3) is 0 Å². The second kappa shape index (κ2) is 29.9. The number of piperidine rings is 1. The largest absolute Gasteiger partial charge is 0.400 e. The Morgan fingerprint density at radius 3 is 1.31 bits per heavy atom. The van der Waals surface area contributed by atoms with Gasteiger partial charge in [0.1, 0.15) is 34.6 Å². The van der Waals surface area contributed by atoms with Crippen molar-refractivity contribution in [2.24, 2.45) is 0 Å². The number of likely N-dealkylation sites (tertiary alicyclic amines) is 1. The highest BCUT2D eigenvalue weighted by Gasteiger charge is 2.11. The Kier molecular flexibility index (Phi) is 30.0. The predicted molar refractivity (Wildman–Crippen MR) is 203 cm³/mol. The molecule has 0 radical (unpaired) electrons. The van der Waals surface area contributed by atoms with Crippen molar-refractivity contribution in [2.45, 2.75) is 95.4 Å². The van der Waals surface area contributed by atoms with Crippen LogP contribution < -0.4 is 4.18 Å². The quantitative estimate of drug-likeness (QED) is 0.233. The van der Waals surface area contributed by atoms with Gasteiger partial charge >= 0.3 is 0 Å². The molecular weight excluding hydrogens is 639 g/mol. The fourth-order valence-electron chi connectivity index (χ4n) is 3.87. The molecule has 1 heterocycles. The van der Waals surface area contributed by atoms with Gasteiger partial charge in [0.05, 0.1) is 0 Å². The van der Waals surface area contributed by atoms with E-state index in [-0.39, 0.29) is 49.6 Å². The lowest BCUT2D eigenvalue weighted by molar-refractivity contribution is -0.129. The molecule has 0 N–H and O–H groups in total. The lowest BCUT2D eigenvalue weighted by Gasteiger charge is -2.24. The number of benzene rings is 3. The number of ketones is 4. The van der Waals surface area contributed by atoms with E-state index in [9.17, 15) is 28.2 Å². The minimum atomic E-state index is -1.56. The number of carbonyl (C=O) groups excluding carboxylic acids is 5. The molecule has 8 nitrogen and oxygen atoms in total. The van der Waals surface area contributed by atoms with Crippen LogP contribution in [0.25, 0.3) is 0 Å². The van der Waals surface area contributed by atoms with Crippen LogP contribution in [0, 0.1) is 6.92 Å². The minimum absolute atomic E-state index is 0. The van der Waals surface area contributed by atoms with E-state index in [1.165, 1.54) is 40.0 Å². The summed E-state index contributed by atoms with van der Waals surface area (Å²) in [5.74, 6) is 1.14. The highest BCUT2D eigenvalue weighted by atomic mass is 32.2. The molecule has 0 spiro atoms. The smallest absolute Gasteiger partial charge is 0.219 e. The average Bonchev–Trinajstić information content (AvgIpc) is 2.99. The van der Waals surface area contributed by atoms with Gasteiger partial charge in [-0.2, -0.15) is 0 Å². The van der Waals surface area contributed by atoms with Crippen molar-refractivity contribution < 1.29 is 32.4 Å². The van der Waals surface area contributed by atoms with Crippen molar-refractivity contribution in [3.8, 4) is 5.75 Å². The Labute approximate surface area is 298 Å². The Hall–Kier alpha value is -4.24. The summed E-state index contributed by atoms with van der Waals surface area (Å²) in [5.41, 5.74) is 3.29. The summed E-state index contributed by atoms with van der Waals surface area (Å²) in [6.45, 7) is 13.2. The Morgan fingerprint density at radius 2 is 1.00 bits per heavy atom. The van der Waals surface area contributed by atoms with Gasteiger partial charge in [-0.1, -0.05) is 93.2 Å². The van der Waals surface area contributed by atoms with E-state index in [0.717, 1.165) is 29.8 Å². The zero-order valence-corrected chi connectivity index (χ0v) is 29.8. The van der Waals surface area contributed by atoms with Crippen LogP contribution in [0.2, 0.25) is 0 Å². The molecule has 0 aliphatic carbocycles. The zero-order chi connectivity index (χ0) is 35.6. The van der Waals surface area contributed by atoms with Crippen LogP contribution in [-0.2, 0) is 47.9 Å². The third-order valence-corrected chi connectivity index (χ3v) is 6.95. The lowest BCUT2D eigenvalue weighted by atomic mass is 10.1. The van der Waals surface area contributed by atoms with Gasteiger partial charge in [0.15, 0.2) is 0 Å². The molecule has 4 rings (SSSR count). The van der Waals surface area contributed by atoms with Crippen LogP contribution in [0.15, 0.2) is 84.9 Å². The summed E-state index contributed by atoms with van der Waals surface area (Å²) in [5, 5.41) is 0. The van der Waals surface area contributed by atoms with Gasteiger partial charge in [-0.05, 0) is 84.1 Å². The van der Waals surface area contributed by atoms with Crippen LogP contribution in [0.4, 0.5) is 0 Å². The van der Waals surface area contributed by atoms with E-state index in [1.807, 2.05) is 84.6 Å². The maximum absolute atomic E-state index is 11.2. The molecule has 49 heavy (non-hydrogen) atoms. The van der Waals surface area contributed by atoms with Crippen LogP contribution in [0.1, 0.15) is 92.3 Å². The summed E-state index contributed by atoms with van der Waals surface area (Å²) in [6, 6.07) is 26.7. The average molecular weight is 698 g/mol. The van der Waals surface area contributed by atoms with Crippen molar-refractivity contribution in [1.82, 2.24) is 4.90 Å². The molecule has 3 aromatic rings. The van der Waals surface area contributed by atoms with Crippen LogP contribution in [0.3, 0.4) is 0 Å². The van der Waals surface area contributed by atoms with Gasteiger partial charge in [-0.25, -0.2) is 4.21 Å². The fraction of sp³-hybridized carbons (Fsp3) is 0.425. The van der Waals surface area contributed by atoms with Crippen molar-refractivity contribution >= 4 is 40.1 Å². The standard InChI is InChI=1S/C10H12O3S.2C9H10O.C7H13NO.C3H6O.2CH4/c1-8-3-5-10(6-4-8)13-14(12)7-9(2)11;2*1-8(10)7-9-5-3-2-4-6-9;1-7(9)8-5-3-2-4-6-8;1-3(2)4;;/h3-6H,7H2,1-2H3;2*2-6H,7H2,1H3;2-6H2,1H3;1-2H3;2*1H4. The third-order valence-electron chi connectivity index (χ3n) is 5.92. The van der Waals surface area contributed by atoms with Gasteiger partial charge in [-0.3, -0.25) is 19.2 Å². The number of aryl methyl sites for hydroxylation is 1.